The molecular formula is C11H15NO3. The Balaban J connectivity index is 3.56. The van der Waals surface area contributed by atoms with Crippen LogP contribution in [0.2, 0.25) is 0 Å². The number of aromatic nitrogens is 1. The fraction of sp³-hybridized carbons (Fsp3) is 0.455. The summed E-state index contributed by atoms with van der Waals surface area (Å²) in [6.07, 6.45) is 0. The minimum atomic E-state index is -1.04. The lowest BCUT2D eigenvalue weighted by atomic mass is 10.0. The van der Waals surface area contributed by atoms with Gasteiger partial charge < -0.3 is 9.67 Å². The van der Waals surface area contributed by atoms with Gasteiger partial charge in [-0.1, -0.05) is 19.9 Å². The molecule has 1 heterocycles. The molecule has 0 aliphatic carbocycles. The predicted molar refractivity (Wildman–Crippen MR) is 57.4 cm³/mol. The fourth-order valence-electron chi connectivity index (χ4n) is 1.61. The fourth-order valence-corrected chi connectivity index (χ4v) is 1.61. The summed E-state index contributed by atoms with van der Waals surface area (Å²) in [5.74, 6) is -0.951. The molecule has 0 fully saturated rings. The van der Waals surface area contributed by atoms with Gasteiger partial charge in [0.05, 0.1) is 0 Å². The zero-order chi connectivity index (χ0) is 11.6. The molecule has 1 N–H and O–H groups in total. The van der Waals surface area contributed by atoms with Crippen LogP contribution in [0.1, 0.15) is 42.7 Å². The Morgan fingerprint density at radius 3 is 2.47 bits per heavy atom. The topological polar surface area (TPSA) is 59.3 Å². The summed E-state index contributed by atoms with van der Waals surface area (Å²) in [5, 5.41) is 9.09. The molecule has 0 aliphatic heterocycles. The van der Waals surface area contributed by atoms with Gasteiger partial charge in [-0.15, -0.1) is 0 Å². The number of nitrogens with zero attached hydrogens (tertiary/aromatic N) is 1. The van der Waals surface area contributed by atoms with E-state index in [4.69, 9.17) is 5.11 Å². The first-order valence-electron chi connectivity index (χ1n) is 4.96. The third-order valence-corrected chi connectivity index (χ3v) is 2.36. The zero-order valence-electron chi connectivity index (χ0n) is 9.15. The number of carbonyl (C=O) groups is 1. The number of hydrogen-bond donors (Lipinski definition) is 1. The van der Waals surface area contributed by atoms with E-state index in [0.29, 0.717) is 12.1 Å². The van der Waals surface area contributed by atoms with E-state index in [1.807, 2.05) is 13.8 Å². The zero-order valence-corrected chi connectivity index (χ0v) is 9.15. The van der Waals surface area contributed by atoms with Crippen LogP contribution < -0.4 is 5.56 Å². The third kappa shape index (κ3) is 2.09. The highest BCUT2D eigenvalue weighted by Crippen LogP contribution is 2.17. The smallest absolute Gasteiger partial charge is 0.352 e. The van der Waals surface area contributed by atoms with E-state index in [9.17, 15) is 9.59 Å². The molecule has 4 nitrogen and oxygen atoms in total. The highest BCUT2D eigenvalue weighted by Gasteiger charge is 2.17. The van der Waals surface area contributed by atoms with Gasteiger partial charge in [0.1, 0.15) is 5.69 Å². The van der Waals surface area contributed by atoms with Gasteiger partial charge in [-0.25, -0.2) is 4.79 Å². The monoisotopic (exact) mass is 209 g/mol. The molecule has 0 saturated heterocycles. The Labute approximate surface area is 88.2 Å². The largest absolute Gasteiger partial charge is 0.477 e. The molecule has 0 atom stereocenters. The van der Waals surface area contributed by atoms with E-state index in [1.54, 1.807) is 13.0 Å². The Morgan fingerprint density at radius 1 is 1.47 bits per heavy atom. The normalized spacial score (nSPS) is 10.7. The number of aromatic carboxylic acids is 1. The maximum absolute atomic E-state index is 11.4. The molecule has 0 radical (unpaired) electrons. The van der Waals surface area contributed by atoms with Crippen molar-refractivity contribution in [3.8, 4) is 0 Å². The molecule has 1 rings (SSSR count). The van der Waals surface area contributed by atoms with Gasteiger partial charge in [0, 0.05) is 12.6 Å². The summed E-state index contributed by atoms with van der Waals surface area (Å²) >= 11 is 0. The Morgan fingerprint density at radius 2 is 2.07 bits per heavy atom. The van der Waals surface area contributed by atoms with Gasteiger partial charge >= 0.3 is 5.97 Å². The lowest BCUT2D eigenvalue weighted by Gasteiger charge is -2.14. The number of rotatable bonds is 3. The Kier molecular flexibility index (Phi) is 3.29. The highest BCUT2D eigenvalue weighted by atomic mass is 16.4. The van der Waals surface area contributed by atoms with Crippen LogP contribution >= 0.6 is 0 Å². The number of carboxylic acids is 1. The van der Waals surface area contributed by atoms with Crippen LogP contribution in [0.5, 0.6) is 0 Å². The molecule has 1 aromatic heterocycles. The van der Waals surface area contributed by atoms with Gasteiger partial charge in [0.2, 0.25) is 0 Å². The van der Waals surface area contributed by atoms with E-state index < -0.39 is 5.97 Å². The van der Waals surface area contributed by atoms with Crippen molar-refractivity contribution in [3.63, 3.8) is 0 Å². The minimum Gasteiger partial charge on any atom is -0.477 e. The Hall–Kier alpha value is -1.58. The second-order valence-corrected chi connectivity index (χ2v) is 3.68. The molecule has 15 heavy (non-hydrogen) atoms. The molecule has 1 aromatic rings. The van der Waals surface area contributed by atoms with Crippen molar-refractivity contribution < 1.29 is 9.90 Å². The quantitative estimate of drug-likeness (QED) is 0.824. The molecule has 0 aliphatic rings. The first-order chi connectivity index (χ1) is 6.99. The molecule has 0 bridgehead atoms. The maximum atomic E-state index is 11.4. The van der Waals surface area contributed by atoms with Crippen LogP contribution in [0, 0.1) is 0 Å². The van der Waals surface area contributed by atoms with Crippen LogP contribution in [0.4, 0.5) is 0 Å². The molecule has 82 valence electrons. The second-order valence-electron chi connectivity index (χ2n) is 3.68. The number of pyridine rings is 1. The summed E-state index contributed by atoms with van der Waals surface area (Å²) in [5.41, 5.74) is 0.545. The first-order valence-corrected chi connectivity index (χ1v) is 4.96. The summed E-state index contributed by atoms with van der Waals surface area (Å²) in [4.78, 5) is 22.5. The van der Waals surface area contributed by atoms with Crippen LogP contribution in [0.3, 0.4) is 0 Å². The van der Waals surface area contributed by atoms with E-state index in [0.717, 1.165) is 0 Å². The third-order valence-electron chi connectivity index (χ3n) is 2.36. The summed E-state index contributed by atoms with van der Waals surface area (Å²) in [7, 11) is 0. The lowest BCUT2D eigenvalue weighted by molar-refractivity contribution is 0.0681. The summed E-state index contributed by atoms with van der Waals surface area (Å²) in [6, 6.07) is 3.02. The van der Waals surface area contributed by atoms with E-state index in [-0.39, 0.29) is 17.2 Å². The predicted octanol–water partition coefficient (Wildman–Crippen LogP) is 1.69. The van der Waals surface area contributed by atoms with E-state index in [2.05, 4.69) is 0 Å². The SMILES string of the molecule is CCn1c(C(=O)O)c(C(C)C)ccc1=O. The standard InChI is InChI=1S/C11H15NO3/c1-4-12-9(13)6-5-8(7(2)3)10(12)11(14)15/h5-7H,4H2,1-3H3,(H,14,15). The van der Waals surface area contributed by atoms with Crippen LogP contribution in [0.25, 0.3) is 0 Å². The molecule has 0 saturated carbocycles. The molecular weight excluding hydrogens is 194 g/mol. The summed E-state index contributed by atoms with van der Waals surface area (Å²) < 4.78 is 1.29. The number of hydrogen-bond acceptors (Lipinski definition) is 2. The first kappa shape index (κ1) is 11.5. The Bertz CT molecular complexity index is 432. The average Bonchev–Trinajstić information content (AvgIpc) is 2.16. The van der Waals surface area contributed by atoms with Gasteiger partial charge in [0.15, 0.2) is 0 Å². The van der Waals surface area contributed by atoms with Crippen molar-refractivity contribution in [2.45, 2.75) is 33.2 Å². The van der Waals surface area contributed by atoms with E-state index in [1.165, 1.54) is 10.6 Å². The van der Waals surface area contributed by atoms with Crippen molar-refractivity contribution in [1.82, 2.24) is 4.57 Å². The molecule has 0 unspecified atom stereocenters. The van der Waals surface area contributed by atoms with Gasteiger partial charge in [0.25, 0.3) is 5.56 Å². The summed E-state index contributed by atoms with van der Waals surface area (Å²) in [6.45, 7) is 5.96. The lowest BCUT2D eigenvalue weighted by Crippen LogP contribution is -2.26. The molecule has 4 heteroatoms. The molecule has 0 spiro atoms. The van der Waals surface area contributed by atoms with Crippen LogP contribution in [0.15, 0.2) is 16.9 Å². The minimum absolute atomic E-state index is 0.0921. The van der Waals surface area contributed by atoms with Gasteiger partial charge in [-0.2, -0.15) is 0 Å². The highest BCUT2D eigenvalue weighted by molar-refractivity contribution is 5.87. The van der Waals surface area contributed by atoms with Gasteiger partial charge in [-0.05, 0) is 18.4 Å². The number of carboxylic acid groups (broad SMARTS) is 1. The van der Waals surface area contributed by atoms with E-state index >= 15 is 0 Å². The van der Waals surface area contributed by atoms with Crippen molar-refractivity contribution in [2.75, 3.05) is 0 Å². The van der Waals surface area contributed by atoms with Crippen molar-refractivity contribution in [1.29, 1.82) is 0 Å². The molecule has 0 aromatic carbocycles. The second kappa shape index (κ2) is 4.29. The van der Waals surface area contributed by atoms with Crippen molar-refractivity contribution >= 4 is 5.97 Å². The van der Waals surface area contributed by atoms with Gasteiger partial charge in [-0.3, -0.25) is 4.79 Å². The van der Waals surface area contributed by atoms with Crippen molar-refractivity contribution in [2.24, 2.45) is 0 Å². The van der Waals surface area contributed by atoms with Crippen molar-refractivity contribution in [3.05, 3.63) is 33.7 Å². The van der Waals surface area contributed by atoms with Crippen LogP contribution in [-0.2, 0) is 6.54 Å². The average molecular weight is 209 g/mol. The van der Waals surface area contributed by atoms with Crippen LogP contribution in [-0.4, -0.2) is 15.6 Å². The molecule has 0 amide bonds. The maximum Gasteiger partial charge on any atom is 0.352 e.